The Morgan fingerprint density at radius 3 is 2.22 bits per heavy atom. The fourth-order valence-electron chi connectivity index (χ4n) is 1.82. The molecule has 18 heavy (non-hydrogen) atoms. The van der Waals surface area contributed by atoms with Gasteiger partial charge < -0.3 is 10.2 Å². The van der Waals surface area contributed by atoms with E-state index in [0.29, 0.717) is 5.69 Å². The first-order valence-electron chi connectivity index (χ1n) is 5.57. The van der Waals surface area contributed by atoms with Gasteiger partial charge in [0, 0.05) is 29.5 Å². The second-order valence-corrected chi connectivity index (χ2v) is 6.65. The molecule has 0 aromatic heterocycles. The van der Waals surface area contributed by atoms with Crippen LogP contribution in [0, 0.1) is 0 Å². The lowest BCUT2D eigenvalue weighted by Gasteiger charge is -2.16. The van der Waals surface area contributed by atoms with E-state index in [1.54, 1.807) is 4.90 Å². The molecule has 5 nitrogen and oxygen atoms in total. The molecule has 2 rings (SSSR count). The Morgan fingerprint density at radius 2 is 1.72 bits per heavy atom. The van der Waals surface area contributed by atoms with Crippen molar-refractivity contribution in [3.05, 3.63) is 24.3 Å². The average molecular weight is 289 g/mol. The first kappa shape index (κ1) is 13.2. The quantitative estimate of drug-likeness (QED) is 0.849. The molecular weight excluding hydrogens is 276 g/mol. The van der Waals surface area contributed by atoms with Gasteiger partial charge in [0.15, 0.2) is 0 Å². The Morgan fingerprint density at radius 1 is 1.17 bits per heavy atom. The topological polar surface area (TPSA) is 66.5 Å². The van der Waals surface area contributed by atoms with Gasteiger partial charge in [-0.2, -0.15) is 0 Å². The predicted molar refractivity (Wildman–Crippen MR) is 69.3 cm³/mol. The van der Waals surface area contributed by atoms with Gasteiger partial charge >= 0.3 is 6.03 Å². The lowest BCUT2D eigenvalue weighted by molar-refractivity contribution is 0.222. The molecule has 0 atom stereocenters. The number of carbonyl (C=O) groups is 1. The molecule has 0 radical (unpaired) electrons. The zero-order chi connectivity index (χ0) is 13.2. The summed E-state index contributed by atoms with van der Waals surface area (Å²) in [5.41, 5.74) is 0.552. The van der Waals surface area contributed by atoms with Crippen molar-refractivity contribution in [1.82, 2.24) is 4.90 Å². The van der Waals surface area contributed by atoms with Crippen molar-refractivity contribution in [2.75, 3.05) is 18.4 Å². The summed E-state index contributed by atoms with van der Waals surface area (Å²) in [6, 6.07) is 5.60. The maximum atomic E-state index is 11.8. The highest BCUT2D eigenvalue weighted by Gasteiger charge is 2.18. The maximum absolute atomic E-state index is 11.8. The number of carbonyl (C=O) groups excluding carboxylic acids is 1. The van der Waals surface area contributed by atoms with Gasteiger partial charge in [0.05, 0.1) is 4.90 Å². The highest BCUT2D eigenvalue weighted by atomic mass is 35.7. The van der Waals surface area contributed by atoms with E-state index in [0.717, 1.165) is 25.9 Å². The number of benzene rings is 1. The average Bonchev–Trinajstić information content (AvgIpc) is 2.82. The van der Waals surface area contributed by atoms with Gasteiger partial charge in [-0.25, -0.2) is 13.2 Å². The summed E-state index contributed by atoms with van der Waals surface area (Å²) in [5, 5.41) is 2.71. The van der Waals surface area contributed by atoms with E-state index >= 15 is 0 Å². The second-order valence-electron chi connectivity index (χ2n) is 4.09. The van der Waals surface area contributed by atoms with E-state index in [9.17, 15) is 13.2 Å². The minimum atomic E-state index is -3.71. The highest BCUT2D eigenvalue weighted by Crippen LogP contribution is 2.18. The van der Waals surface area contributed by atoms with Crippen molar-refractivity contribution in [2.24, 2.45) is 0 Å². The van der Waals surface area contributed by atoms with Gasteiger partial charge in [0.2, 0.25) is 0 Å². The monoisotopic (exact) mass is 288 g/mol. The smallest absolute Gasteiger partial charge is 0.321 e. The van der Waals surface area contributed by atoms with Crippen LogP contribution in [0.4, 0.5) is 10.5 Å². The number of nitrogens with zero attached hydrogens (tertiary/aromatic N) is 1. The number of hydrogen-bond acceptors (Lipinski definition) is 3. The van der Waals surface area contributed by atoms with Crippen LogP contribution in [0.15, 0.2) is 29.2 Å². The van der Waals surface area contributed by atoms with Gasteiger partial charge in [-0.3, -0.25) is 0 Å². The van der Waals surface area contributed by atoms with Crippen molar-refractivity contribution in [1.29, 1.82) is 0 Å². The molecule has 1 heterocycles. The minimum Gasteiger partial charge on any atom is -0.325 e. The molecule has 1 aromatic carbocycles. The fraction of sp³-hybridized carbons (Fsp3) is 0.364. The molecule has 0 spiro atoms. The Bertz CT molecular complexity index is 536. The Kier molecular flexibility index (Phi) is 3.77. The fourth-order valence-corrected chi connectivity index (χ4v) is 2.59. The SMILES string of the molecule is O=C(Nc1ccc(S(=O)(=O)Cl)cc1)N1CCCC1. The first-order valence-corrected chi connectivity index (χ1v) is 7.88. The number of amides is 2. The minimum absolute atomic E-state index is 0.0170. The van der Waals surface area contributed by atoms with Crippen LogP contribution < -0.4 is 5.32 Å². The number of hydrogen-bond donors (Lipinski definition) is 1. The first-order chi connectivity index (χ1) is 8.47. The van der Waals surface area contributed by atoms with E-state index in [4.69, 9.17) is 10.7 Å². The van der Waals surface area contributed by atoms with Gasteiger partial charge in [0.1, 0.15) is 0 Å². The third-order valence-electron chi connectivity index (χ3n) is 2.78. The molecule has 7 heteroatoms. The molecule has 1 saturated heterocycles. The number of halogens is 1. The molecule has 2 amide bonds. The van der Waals surface area contributed by atoms with E-state index < -0.39 is 9.05 Å². The number of nitrogens with one attached hydrogen (secondary N) is 1. The zero-order valence-corrected chi connectivity index (χ0v) is 11.2. The van der Waals surface area contributed by atoms with Gasteiger partial charge in [0.25, 0.3) is 9.05 Å². The highest BCUT2D eigenvalue weighted by molar-refractivity contribution is 8.13. The van der Waals surface area contributed by atoms with Crippen LogP contribution in [0.5, 0.6) is 0 Å². The Labute approximate surface area is 110 Å². The van der Waals surface area contributed by atoms with Gasteiger partial charge in [-0.05, 0) is 37.1 Å². The summed E-state index contributed by atoms with van der Waals surface area (Å²) < 4.78 is 22.1. The zero-order valence-electron chi connectivity index (χ0n) is 9.60. The van der Waals surface area contributed by atoms with Crippen molar-refractivity contribution >= 4 is 31.5 Å². The maximum Gasteiger partial charge on any atom is 0.321 e. The standard InChI is InChI=1S/C11H13ClN2O3S/c12-18(16,17)10-5-3-9(4-6-10)13-11(15)14-7-1-2-8-14/h3-6H,1-2,7-8H2,(H,13,15). The molecular formula is C11H13ClN2O3S. The van der Waals surface area contributed by atoms with Crippen LogP contribution in [-0.2, 0) is 9.05 Å². The van der Waals surface area contributed by atoms with E-state index in [1.807, 2.05) is 0 Å². The summed E-state index contributed by atoms with van der Waals surface area (Å²) in [7, 11) is 1.48. The normalized spacial score (nSPS) is 15.7. The summed E-state index contributed by atoms with van der Waals surface area (Å²) >= 11 is 0. The number of urea groups is 1. The van der Waals surface area contributed by atoms with Crippen LogP contribution in [0.2, 0.25) is 0 Å². The van der Waals surface area contributed by atoms with E-state index in [2.05, 4.69) is 5.32 Å². The van der Waals surface area contributed by atoms with E-state index in [-0.39, 0.29) is 10.9 Å². The Balaban J connectivity index is 2.04. The molecule has 1 aliphatic rings. The number of likely N-dealkylation sites (tertiary alicyclic amines) is 1. The molecule has 1 N–H and O–H groups in total. The molecule has 1 aromatic rings. The molecule has 0 unspecified atom stereocenters. The molecule has 0 saturated carbocycles. The molecule has 1 aliphatic heterocycles. The summed E-state index contributed by atoms with van der Waals surface area (Å²) in [4.78, 5) is 13.5. The van der Waals surface area contributed by atoms with Crippen molar-refractivity contribution in [2.45, 2.75) is 17.7 Å². The number of rotatable bonds is 2. The molecule has 0 bridgehead atoms. The molecule has 98 valence electrons. The van der Waals surface area contributed by atoms with Crippen molar-refractivity contribution in [3.63, 3.8) is 0 Å². The van der Waals surface area contributed by atoms with E-state index in [1.165, 1.54) is 24.3 Å². The lowest BCUT2D eigenvalue weighted by Crippen LogP contribution is -2.32. The Hall–Kier alpha value is -1.27. The van der Waals surface area contributed by atoms with Crippen LogP contribution in [0.1, 0.15) is 12.8 Å². The summed E-state index contributed by atoms with van der Waals surface area (Å²) in [5.74, 6) is 0. The summed E-state index contributed by atoms with van der Waals surface area (Å²) in [6.07, 6.45) is 2.05. The predicted octanol–water partition coefficient (Wildman–Crippen LogP) is 2.24. The molecule has 0 aliphatic carbocycles. The van der Waals surface area contributed by atoms with Crippen molar-refractivity contribution < 1.29 is 13.2 Å². The number of anilines is 1. The van der Waals surface area contributed by atoms with Crippen LogP contribution in [0.3, 0.4) is 0 Å². The summed E-state index contributed by atoms with van der Waals surface area (Å²) in [6.45, 7) is 1.53. The van der Waals surface area contributed by atoms with Crippen LogP contribution in [-0.4, -0.2) is 32.4 Å². The molecule has 1 fully saturated rings. The third-order valence-corrected chi connectivity index (χ3v) is 4.15. The van der Waals surface area contributed by atoms with Crippen LogP contribution in [0.25, 0.3) is 0 Å². The largest absolute Gasteiger partial charge is 0.325 e. The van der Waals surface area contributed by atoms with Crippen molar-refractivity contribution in [3.8, 4) is 0 Å². The third kappa shape index (κ3) is 3.14. The van der Waals surface area contributed by atoms with Gasteiger partial charge in [-0.15, -0.1) is 0 Å². The second kappa shape index (κ2) is 5.16. The van der Waals surface area contributed by atoms with Gasteiger partial charge in [-0.1, -0.05) is 0 Å². The van der Waals surface area contributed by atoms with Crippen LogP contribution >= 0.6 is 10.7 Å². The lowest BCUT2D eigenvalue weighted by atomic mass is 10.3.